The van der Waals surface area contributed by atoms with E-state index in [0.29, 0.717) is 6.61 Å². The van der Waals surface area contributed by atoms with Crippen molar-refractivity contribution in [3.8, 4) is 0 Å². The third-order valence-electron chi connectivity index (χ3n) is 5.50. The summed E-state index contributed by atoms with van der Waals surface area (Å²) >= 11 is 0. The molecule has 1 atom stereocenters. The van der Waals surface area contributed by atoms with E-state index in [1.54, 1.807) is 0 Å². The molecule has 0 saturated heterocycles. The summed E-state index contributed by atoms with van der Waals surface area (Å²) in [7, 11) is 0. The van der Waals surface area contributed by atoms with Gasteiger partial charge in [-0.2, -0.15) is 0 Å². The van der Waals surface area contributed by atoms with Crippen LogP contribution in [0.15, 0.2) is 0 Å². The Kier molecular flexibility index (Phi) is 24.8. The van der Waals surface area contributed by atoms with Gasteiger partial charge in [-0.3, -0.25) is 0 Å². The van der Waals surface area contributed by atoms with Crippen LogP contribution in [0.25, 0.3) is 0 Å². The van der Waals surface area contributed by atoms with Crippen LogP contribution in [0.4, 0.5) is 0 Å². The fourth-order valence-electron chi connectivity index (χ4n) is 3.55. The molecule has 0 aromatic carbocycles. The largest absolute Gasteiger partial charge is 0.394 e. The Morgan fingerprint density at radius 1 is 0.536 bits per heavy atom. The molecule has 0 bridgehead atoms. The Hall–Kier alpha value is -0.120. The highest BCUT2D eigenvalue weighted by molar-refractivity contribution is 4.55. The van der Waals surface area contributed by atoms with E-state index in [1.165, 1.54) is 103 Å². The molecular formula is C25H52O3. The predicted octanol–water partition coefficient (Wildman–Crippen LogP) is 7.44. The number of hydrogen-bond acceptors (Lipinski definition) is 3. The van der Waals surface area contributed by atoms with Crippen LogP contribution in [0.5, 0.6) is 0 Å². The molecule has 0 amide bonds. The number of unbranched alkanes of at least 4 members (excludes halogenated alkanes) is 16. The molecule has 0 rings (SSSR count). The van der Waals surface area contributed by atoms with Gasteiger partial charge < -0.3 is 14.6 Å². The highest BCUT2D eigenvalue weighted by atomic mass is 16.5. The Bertz CT molecular complexity index is 271. The summed E-state index contributed by atoms with van der Waals surface area (Å²) in [6.07, 6.45) is 24.0. The van der Waals surface area contributed by atoms with E-state index in [4.69, 9.17) is 9.47 Å². The molecule has 0 saturated carbocycles. The summed E-state index contributed by atoms with van der Waals surface area (Å²) in [5.41, 5.74) is 0. The van der Waals surface area contributed by atoms with Crippen LogP contribution in [0.3, 0.4) is 0 Å². The highest BCUT2D eigenvalue weighted by Gasteiger charge is 2.07. The van der Waals surface area contributed by atoms with Gasteiger partial charge in [-0.1, -0.05) is 117 Å². The minimum atomic E-state index is -0.145. The van der Waals surface area contributed by atoms with Crippen LogP contribution in [-0.4, -0.2) is 37.6 Å². The first kappa shape index (κ1) is 27.9. The van der Waals surface area contributed by atoms with Crippen molar-refractivity contribution in [1.82, 2.24) is 0 Å². The van der Waals surface area contributed by atoms with E-state index in [1.807, 2.05) is 0 Å². The Morgan fingerprint density at radius 2 is 0.929 bits per heavy atom. The lowest BCUT2D eigenvalue weighted by Crippen LogP contribution is -2.24. The van der Waals surface area contributed by atoms with Gasteiger partial charge in [0.2, 0.25) is 0 Å². The van der Waals surface area contributed by atoms with Gasteiger partial charge in [0.25, 0.3) is 0 Å². The first-order valence-corrected chi connectivity index (χ1v) is 12.6. The number of ether oxygens (including phenoxy) is 2. The van der Waals surface area contributed by atoms with Gasteiger partial charge in [0.15, 0.2) is 0 Å². The van der Waals surface area contributed by atoms with Gasteiger partial charge in [0.05, 0.1) is 13.2 Å². The van der Waals surface area contributed by atoms with E-state index in [0.717, 1.165) is 26.1 Å². The quantitative estimate of drug-likeness (QED) is 0.171. The van der Waals surface area contributed by atoms with Gasteiger partial charge >= 0.3 is 0 Å². The maximum Gasteiger partial charge on any atom is 0.104 e. The molecule has 0 aliphatic rings. The second kappa shape index (κ2) is 24.9. The number of hydrogen-bond donors (Lipinski definition) is 1. The molecule has 3 heteroatoms. The average Bonchev–Trinajstić information content (AvgIpc) is 2.71. The number of aliphatic hydroxyl groups excluding tert-OH is 1. The van der Waals surface area contributed by atoms with Gasteiger partial charge in [0.1, 0.15) is 6.10 Å². The van der Waals surface area contributed by atoms with Crippen molar-refractivity contribution in [3.63, 3.8) is 0 Å². The van der Waals surface area contributed by atoms with Crippen molar-refractivity contribution in [2.75, 3.05) is 26.4 Å². The Labute approximate surface area is 177 Å². The molecule has 170 valence electrons. The lowest BCUT2D eigenvalue weighted by atomic mass is 10.0. The summed E-state index contributed by atoms with van der Waals surface area (Å²) in [4.78, 5) is 0. The highest BCUT2D eigenvalue weighted by Crippen LogP contribution is 2.13. The summed E-state index contributed by atoms with van der Waals surface area (Å²) < 4.78 is 11.4. The average molecular weight is 401 g/mol. The monoisotopic (exact) mass is 400 g/mol. The van der Waals surface area contributed by atoms with Gasteiger partial charge in [0, 0.05) is 13.2 Å². The zero-order chi connectivity index (χ0) is 20.5. The van der Waals surface area contributed by atoms with Crippen molar-refractivity contribution in [2.45, 2.75) is 136 Å². The summed E-state index contributed by atoms with van der Waals surface area (Å²) in [5.74, 6) is 0. The summed E-state index contributed by atoms with van der Waals surface area (Å²) in [5, 5.41) is 9.35. The topological polar surface area (TPSA) is 38.7 Å². The Balaban J connectivity index is 3.19. The fourth-order valence-corrected chi connectivity index (χ4v) is 3.55. The fraction of sp³-hybridized carbons (Fsp3) is 1.00. The molecule has 0 unspecified atom stereocenters. The first-order chi connectivity index (χ1) is 13.8. The first-order valence-electron chi connectivity index (χ1n) is 12.6. The van der Waals surface area contributed by atoms with Crippen LogP contribution in [-0.2, 0) is 9.47 Å². The molecule has 1 N–H and O–H groups in total. The minimum Gasteiger partial charge on any atom is -0.394 e. The second-order valence-corrected chi connectivity index (χ2v) is 8.41. The van der Waals surface area contributed by atoms with Crippen LogP contribution in [0.2, 0.25) is 0 Å². The predicted molar refractivity (Wildman–Crippen MR) is 122 cm³/mol. The van der Waals surface area contributed by atoms with E-state index in [2.05, 4.69) is 13.8 Å². The molecule has 28 heavy (non-hydrogen) atoms. The van der Waals surface area contributed by atoms with Crippen LogP contribution in [0.1, 0.15) is 129 Å². The van der Waals surface area contributed by atoms with E-state index in [9.17, 15) is 5.11 Å². The Morgan fingerprint density at radius 3 is 1.39 bits per heavy atom. The molecule has 0 aromatic rings. The normalized spacial score (nSPS) is 12.5. The van der Waals surface area contributed by atoms with Crippen molar-refractivity contribution in [1.29, 1.82) is 0 Å². The van der Waals surface area contributed by atoms with Crippen LogP contribution < -0.4 is 0 Å². The van der Waals surface area contributed by atoms with Gasteiger partial charge in [-0.05, 0) is 12.8 Å². The lowest BCUT2D eigenvalue weighted by molar-refractivity contribution is -0.0437. The molecule has 3 nitrogen and oxygen atoms in total. The SMILES string of the molecule is CCCCCCCCCCCCCCCCOC[C@H](CO)OCCCCCC. The molecule has 0 aromatic heterocycles. The van der Waals surface area contributed by atoms with Crippen LogP contribution in [0, 0.1) is 0 Å². The molecule has 0 heterocycles. The molecule has 0 aliphatic heterocycles. The summed E-state index contributed by atoms with van der Waals surface area (Å²) in [6, 6.07) is 0. The van der Waals surface area contributed by atoms with Crippen LogP contribution >= 0.6 is 0 Å². The summed E-state index contributed by atoms with van der Waals surface area (Å²) in [6.45, 7) is 6.63. The lowest BCUT2D eigenvalue weighted by Gasteiger charge is -2.15. The van der Waals surface area contributed by atoms with Crippen molar-refractivity contribution in [2.24, 2.45) is 0 Å². The smallest absolute Gasteiger partial charge is 0.104 e. The van der Waals surface area contributed by atoms with E-state index < -0.39 is 0 Å². The number of rotatable bonds is 24. The van der Waals surface area contributed by atoms with Crippen molar-refractivity contribution in [3.05, 3.63) is 0 Å². The second-order valence-electron chi connectivity index (χ2n) is 8.41. The maximum atomic E-state index is 9.35. The molecule has 0 spiro atoms. The minimum absolute atomic E-state index is 0.0620. The zero-order valence-corrected chi connectivity index (χ0v) is 19.4. The molecular weight excluding hydrogens is 348 g/mol. The third-order valence-corrected chi connectivity index (χ3v) is 5.50. The van der Waals surface area contributed by atoms with Gasteiger partial charge in [-0.25, -0.2) is 0 Å². The molecule has 0 fully saturated rings. The van der Waals surface area contributed by atoms with E-state index in [-0.39, 0.29) is 12.7 Å². The molecule has 0 radical (unpaired) electrons. The zero-order valence-electron chi connectivity index (χ0n) is 19.4. The number of aliphatic hydroxyl groups is 1. The van der Waals surface area contributed by atoms with Crippen molar-refractivity contribution < 1.29 is 14.6 Å². The van der Waals surface area contributed by atoms with E-state index >= 15 is 0 Å². The van der Waals surface area contributed by atoms with Crippen molar-refractivity contribution >= 4 is 0 Å². The van der Waals surface area contributed by atoms with Gasteiger partial charge in [-0.15, -0.1) is 0 Å². The maximum absolute atomic E-state index is 9.35. The third kappa shape index (κ3) is 22.2. The standard InChI is InChI=1S/C25H52O3/c1-3-5-7-9-10-11-12-13-14-15-16-17-18-19-21-27-24-25(23-26)28-22-20-8-6-4-2/h25-26H,3-24H2,1-2H3/t25-/m0/s1. The molecule has 0 aliphatic carbocycles.